The number of alkyl halides is 1. The van der Waals surface area contributed by atoms with Crippen LogP contribution >= 0.6 is 11.6 Å². The highest BCUT2D eigenvalue weighted by Crippen LogP contribution is 2.38. The third kappa shape index (κ3) is 2.78. The van der Waals surface area contributed by atoms with Crippen LogP contribution in [0.5, 0.6) is 0 Å². The summed E-state index contributed by atoms with van der Waals surface area (Å²) in [5.41, 5.74) is -0.0973. The minimum atomic E-state index is -0.0973. The highest BCUT2D eigenvalue weighted by molar-refractivity contribution is 6.18. The Morgan fingerprint density at radius 1 is 1.24 bits per heavy atom. The van der Waals surface area contributed by atoms with Crippen LogP contribution in [0.2, 0.25) is 0 Å². The molecule has 0 N–H and O–H groups in total. The molecule has 1 unspecified atom stereocenters. The van der Waals surface area contributed by atoms with E-state index in [0.717, 1.165) is 32.2 Å². The minimum Gasteiger partial charge on any atom is -0.338 e. The fourth-order valence-corrected chi connectivity index (χ4v) is 3.64. The number of halogens is 1. The van der Waals surface area contributed by atoms with Crippen molar-refractivity contribution in [3.05, 3.63) is 0 Å². The number of amides is 1. The highest BCUT2D eigenvalue weighted by Gasteiger charge is 2.40. The third-order valence-corrected chi connectivity index (χ3v) is 4.90. The van der Waals surface area contributed by atoms with Gasteiger partial charge in [0.2, 0.25) is 5.91 Å². The summed E-state index contributed by atoms with van der Waals surface area (Å²) < 4.78 is 0. The van der Waals surface area contributed by atoms with Crippen LogP contribution in [0.3, 0.4) is 0 Å². The van der Waals surface area contributed by atoms with Gasteiger partial charge in [0.1, 0.15) is 0 Å². The van der Waals surface area contributed by atoms with E-state index in [1.165, 1.54) is 25.7 Å². The Hall–Kier alpha value is -0.240. The molecule has 3 heteroatoms. The Kier molecular flexibility index (Phi) is 4.35. The molecule has 1 amide bonds. The standard InChI is InChI=1S/C14H24ClNO/c1-14(8-4-2-5-9-14)13(17)16-10-6-3-7-12(16)11-15/h12H,2-11H2,1H3. The maximum absolute atomic E-state index is 12.7. The predicted molar refractivity (Wildman–Crippen MR) is 71.3 cm³/mol. The lowest BCUT2D eigenvalue weighted by Gasteiger charge is -2.42. The molecule has 0 aromatic carbocycles. The molecule has 2 fully saturated rings. The van der Waals surface area contributed by atoms with Crippen LogP contribution in [0.1, 0.15) is 58.3 Å². The number of likely N-dealkylation sites (tertiary alicyclic amines) is 1. The second-order valence-corrected chi connectivity index (χ2v) is 6.23. The minimum absolute atomic E-state index is 0.0973. The molecule has 0 bridgehead atoms. The number of carbonyl (C=O) groups is 1. The van der Waals surface area contributed by atoms with Crippen LogP contribution in [-0.4, -0.2) is 29.3 Å². The van der Waals surface area contributed by atoms with Crippen molar-refractivity contribution < 1.29 is 4.79 Å². The van der Waals surface area contributed by atoms with E-state index in [1.54, 1.807) is 0 Å². The van der Waals surface area contributed by atoms with Gasteiger partial charge in [0.15, 0.2) is 0 Å². The lowest BCUT2D eigenvalue weighted by molar-refractivity contribution is -0.146. The van der Waals surface area contributed by atoms with Gasteiger partial charge in [-0.05, 0) is 32.1 Å². The monoisotopic (exact) mass is 257 g/mol. The van der Waals surface area contributed by atoms with E-state index < -0.39 is 0 Å². The summed E-state index contributed by atoms with van der Waals surface area (Å²) in [5, 5.41) is 0. The molecular weight excluding hydrogens is 234 g/mol. The largest absolute Gasteiger partial charge is 0.338 e. The number of hydrogen-bond donors (Lipinski definition) is 0. The number of piperidine rings is 1. The van der Waals surface area contributed by atoms with Crippen molar-refractivity contribution in [3.63, 3.8) is 0 Å². The van der Waals surface area contributed by atoms with Gasteiger partial charge in [-0.3, -0.25) is 4.79 Å². The van der Waals surface area contributed by atoms with E-state index in [0.29, 0.717) is 11.8 Å². The van der Waals surface area contributed by atoms with Crippen molar-refractivity contribution in [3.8, 4) is 0 Å². The average Bonchev–Trinajstić information content (AvgIpc) is 2.38. The first-order valence-electron chi connectivity index (χ1n) is 7.04. The van der Waals surface area contributed by atoms with Crippen molar-refractivity contribution in [2.45, 2.75) is 64.3 Å². The molecular formula is C14H24ClNO. The SMILES string of the molecule is CC1(C(=O)N2CCCCC2CCl)CCCCC1. The first kappa shape index (κ1) is 13.2. The third-order valence-electron chi connectivity index (χ3n) is 4.54. The zero-order valence-corrected chi connectivity index (χ0v) is 11.6. The molecule has 2 aliphatic rings. The van der Waals surface area contributed by atoms with Crippen molar-refractivity contribution >= 4 is 17.5 Å². The van der Waals surface area contributed by atoms with Gasteiger partial charge in [0.05, 0.1) is 0 Å². The average molecular weight is 258 g/mol. The molecule has 1 atom stereocenters. The molecule has 2 rings (SSSR count). The van der Waals surface area contributed by atoms with Gasteiger partial charge in [-0.2, -0.15) is 0 Å². The van der Waals surface area contributed by atoms with E-state index in [9.17, 15) is 4.79 Å². The first-order chi connectivity index (χ1) is 8.17. The molecule has 0 aromatic rings. The molecule has 1 heterocycles. The number of carbonyl (C=O) groups excluding carboxylic acids is 1. The quantitative estimate of drug-likeness (QED) is 0.693. The van der Waals surface area contributed by atoms with Crippen LogP contribution in [0.15, 0.2) is 0 Å². The Morgan fingerprint density at radius 2 is 1.94 bits per heavy atom. The lowest BCUT2D eigenvalue weighted by Crippen LogP contribution is -2.51. The van der Waals surface area contributed by atoms with Gasteiger partial charge in [-0.15, -0.1) is 11.6 Å². The van der Waals surface area contributed by atoms with Crippen LogP contribution in [0, 0.1) is 5.41 Å². The zero-order valence-electron chi connectivity index (χ0n) is 10.9. The summed E-state index contributed by atoms with van der Waals surface area (Å²) in [5.74, 6) is 0.976. The Morgan fingerprint density at radius 3 is 2.59 bits per heavy atom. The highest BCUT2D eigenvalue weighted by atomic mass is 35.5. The topological polar surface area (TPSA) is 20.3 Å². The maximum Gasteiger partial charge on any atom is 0.228 e. The maximum atomic E-state index is 12.7. The predicted octanol–water partition coefficient (Wildman–Crippen LogP) is 3.58. The molecule has 17 heavy (non-hydrogen) atoms. The number of hydrogen-bond acceptors (Lipinski definition) is 1. The summed E-state index contributed by atoms with van der Waals surface area (Å²) in [6.45, 7) is 3.08. The zero-order chi connectivity index (χ0) is 12.3. The van der Waals surface area contributed by atoms with Gasteiger partial charge in [0, 0.05) is 23.9 Å². The number of nitrogens with zero attached hydrogens (tertiary/aromatic N) is 1. The van der Waals surface area contributed by atoms with E-state index >= 15 is 0 Å². The molecule has 1 saturated heterocycles. The van der Waals surface area contributed by atoms with E-state index in [-0.39, 0.29) is 11.5 Å². The summed E-state index contributed by atoms with van der Waals surface area (Å²) in [6.07, 6.45) is 9.30. The second-order valence-electron chi connectivity index (χ2n) is 5.92. The van der Waals surface area contributed by atoms with Gasteiger partial charge in [-0.25, -0.2) is 0 Å². The molecule has 1 saturated carbocycles. The van der Waals surface area contributed by atoms with Crippen LogP contribution < -0.4 is 0 Å². The molecule has 1 aliphatic carbocycles. The van der Waals surface area contributed by atoms with Crippen LogP contribution in [-0.2, 0) is 4.79 Å². The molecule has 0 radical (unpaired) electrons. The summed E-state index contributed by atoms with van der Waals surface area (Å²) in [4.78, 5) is 14.8. The van der Waals surface area contributed by atoms with Gasteiger partial charge >= 0.3 is 0 Å². The smallest absolute Gasteiger partial charge is 0.228 e. The van der Waals surface area contributed by atoms with Crippen molar-refractivity contribution in [1.29, 1.82) is 0 Å². The molecule has 1 aliphatic heterocycles. The second kappa shape index (κ2) is 5.60. The van der Waals surface area contributed by atoms with Crippen molar-refractivity contribution in [1.82, 2.24) is 4.90 Å². The normalized spacial score (nSPS) is 29.1. The van der Waals surface area contributed by atoms with Crippen molar-refractivity contribution in [2.24, 2.45) is 5.41 Å². The number of rotatable bonds is 2. The van der Waals surface area contributed by atoms with E-state index in [4.69, 9.17) is 11.6 Å². The van der Waals surface area contributed by atoms with E-state index in [2.05, 4.69) is 11.8 Å². The van der Waals surface area contributed by atoms with Crippen LogP contribution in [0.25, 0.3) is 0 Å². The molecule has 2 nitrogen and oxygen atoms in total. The van der Waals surface area contributed by atoms with Crippen molar-refractivity contribution in [2.75, 3.05) is 12.4 Å². The lowest BCUT2D eigenvalue weighted by atomic mass is 9.74. The van der Waals surface area contributed by atoms with E-state index in [1.807, 2.05) is 0 Å². The van der Waals surface area contributed by atoms with Gasteiger partial charge in [-0.1, -0.05) is 26.2 Å². The fraction of sp³-hybridized carbons (Fsp3) is 0.929. The molecule has 0 aromatic heterocycles. The Balaban J connectivity index is 2.06. The summed E-state index contributed by atoms with van der Waals surface area (Å²) in [7, 11) is 0. The fourth-order valence-electron chi connectivity index (χ4n) is 3.32. The van der Waals surface area contributed by atoms with Crippen LogP contribution in [0.4, 0.5) is 0 Å². The molecule has 98 valence electrons. The Labute approximate surface area is 110 Å². The molecule has 0 spiro atoms. The summed E-state index contributed by atoms with van der Waals surface area (Å²) in [6, 6.07) is 0.289. The first-order valence-corrected chi connectivity index (χ1v) is 7.58. The van der Waals surface area contributed by atoms with Gasteiger partial charge in [0.25, 0.3) is 0 Å². The van der Waals surface area contributed by atoms with Gasteiger partial charge < -0.3 is 4.90 Å². The summed E-state index contributed by atoms with van der Waals surface area (Å²) >= 11 is 6.01. The Bertz CT molecular complexity index is 273.